The summed E-state index contributed by atoms with van der Waals surface area (Å²) in [5.41, 5.74) is 8.64. The van der Waals surface area contributed by atoms with Gasteiger partial charge < -0.3 is 10.5 Å². The van der Waals surface area contributed by atoms with Crippen LogP contribution in [0.5, 0.6) is 0 Å². The van der Waals surface area contributed by atoms with Crippen molar-refractivity contribution < 1.29 is 9.53 Å². The molecule has 0 heterocycles. The Morgan fingerprint density at radius 1 is 1.00 bits per heavy atom. The maximum Gasteiger partial charge on any atom is 0.404 e. The fourth-order valence-electron chi connectivity index (χ4n) is 2.26. The van der Waals surface area contributed by atoms with Gasteiger partial charge >= 0.3 is 6.09 Å². The number of nitrogens with two attached hydrogens (primary N) is 1. The number of carbonyl (C=O) groups is 1. The molecule has 0 aliphatic heterocycles. The zero-order chi connectivity index (χ0) is 14.4. The molecular weight excluding hydrogens is 238 g/mol. The van der Waals surface area contributed by atoms with Crippen LogP contribution >= 0.6 is 0 Å². The molecule has 0 saturated carbocycles. The van der Waals surface area contributed by atoms with E-state index in [0.717, 1.165) is 18.4 Å². The van der Waals surface area contributed by atoms with Crippen molar-refractivity contribution in [3.63, 3.8) is 0 Å². The smallest absolute Gasteiger partial charge is 0.404 e. The van der Waals surface area contributed by atoms with Crippen molar-refractivity contribution in [2.45, 2.75) is 47.1 Å². The van der Waals surface area contributed by atoms with Crippen LogP contribution in [0.2, 0.25) is 0 Å². The average Bonchev–Trinajstić information content (AvgIpc) is 2.24. The first-order valence-corrected chi connectivity index (χ1v) is 6.90. The summed E-state index contributed by atoms with van der Waals surface area (Å²) in [6.45, 7) is 9.07. The van der Waals surface area contributed by atoms with Crippen molar-refractivity contribution in [3.05, 3.63) is 34.9 Å². The van der Waals surface area contributed by atoms with Crippen LogP contribution in [0.1, 0.15) is 44.4 Å². The van der Waals surface area contributed by atoms with Crippen LogP contribution < -0.4 is 5.73 Å². The van der Waals surface area contributed by atoms with Gasteiger partial charge in [-0.2, -0.15) is 0 Å². The van der Waals surface area contributed by atoms with Gasteiger partial charge in [-0.1, -0.05) is 45.9 Å². The minimum atomic E-state index is -0.723. The summed E-state index contributed by atoms with van der Waals surface area (Å²) >= 11 is 0. The second kappa shape index (κ2) is 7.17. The molecule has 1 rings (SSSR count). The van der Waals surface area contributed by atoms with Crippen LogP contribution in [0.25, 0.3) is 0 Å². The normalized spacial score (nSPS) is 11.1. The van der Waals surface area contributed by atoms with Crippen LogP contribution in [0.15, 0.2) is 18.2 Å². The van der Waals surface area contributed by atoms with Crippen LogP contribution in [0.3, 0.4) is 0 Å². The summed E-state index contributed by atoms with van der Waals surface area (Å²) in [7, 11) is 0. The molecule has 0 unspecified atom stereocenters. The highest BCUT2D eigenvalue weighted by Gasteiger charge is 2.06. The molecule has 3 heteroatoms. The summed E-state index contributed by atoms with van der Waals surface area (Å²) in [6.07, 6.45) is 1.35. The minimum Gasteiger partial charge on any atom is -0.445 e. The van der Waals surface area contributed by atoms with Gasteiger partial charge in [0.15, 0.2) is 0 Å². The predicted molar refractivity (Wildman–Crippen MR) is 77.9 cm³/mol. The third-order valence-electron chi connectivity index (χ3n) is 2.78. The number of benzene rings is 1. The molecule has 0 aromatic heterocycles. The molecule has 19 heavy (non-hydrogen) atoms. The fraction of sp³-hybridized carbons (Fsp3) is 0.562. The van der Waals surface area contributed by atoms with Crippen molar-refractivity contribution in [1.29, 1.82) is 0 Å². The first-order valence-electron chi connectivity index (χ1n) is 6.90. The van der Waals surface area contributed by atoms with E-state index in [2.05, 4.69) is 45.9 Å². The number of hydrogen-bond donors (Lipinski definition) is 1. The summed E-state index contributed by atoms with van der Waals surface area (Å²) in [6, 6.07) is 6.47. The molecule has 0 bridgehead atoms. The maximum atomic E-state index is 10.7. The van der Waals surface area contributed by atoms with Gasteiger partial charge in [-0.25, -0.2) is 4.79 Å². The van der Waals surface area contributed by atoms with E-state index in [1.807, 2.05) is 0 Å². The van der Waals surface area contributed by atoms with Gasteiger partial charge in [-0.3, -0.25) is 0 Å². The van der Waals surface area contributed by atoms with Crippen molar-refractivity contribution in [2.24, 2.45) is 17.6 Å². The first-order chi connectivity index (χ1) is 8.86. The molecule has 1 amide bonds. The number of amides is 1. The molecule has 2 N–H and O–H groups in total. The van der Waals surface area contributed by atoms with E-state index < -0.39 is 6.09 Å². The molecule has 1 aromatic rings. The molecule has 0 radical (unpaired) electrons. The molecule has 0 aliphatic carbocycles. The van der Waals surface area contributed by atoms with Gasteiger partial charge in [-0.15, -0.1) is 0 Å². The summed E-state index contributed by atoms with van der Waals surface area (Å²) in [4.78, 5) is 10.7. The van der Waals surface area contributed by atoms with E-state index >= 15 is 0 Å². The number of carbonyl (C=O) groups excluding carboxylic acids is 1. The van der Waals surface area contributed by atoms with Crippen molar-refractivity contribution in [2.75, 3.05) is 0 Å². The van der Waals surface area contributed by atoms with E-state index in [-0.39, 0.29) is 6.61 Å². The molecular formula is C16H25NO2. The van der Waals surface area contributed by atoms with E-state index in [1.54, 1.807) is 0 Å². The third-order valence-corrected chi connectivity index (χ3v) is 2.78. The standard InChI is InChI=1S/C16H25NO2/c1-11(2)5-13-7-14(6-12(3)4)9-15(8-13)10-19-16(17)18/h7-9,11-12H,5-6,10H2,1-4H3,(H2,17,18). The molecule has 1 aromatic carbocycles. The van der Waals surface area contributed by atoms with Gasteiger partial charge in [0.1, 0.15) is 6.61 Å². The third kappa shape index (κ3) is 6.27. The molecule has 0 fully saturated rings. The highest BCUT2D eigenvalue weighted by molar-refractivity contribution is 5.64. The highest BCUT2D eigenvalue weighted by atomic mass is 16.5. The largest absolute Gasteiger partial charge is 0.445 e. The number of hydrogen-bond acceptors (Lipinski definition) is 2. The maximum absolute atomic E-state index is 10.7. The lowest BCUT2D eigenvalue weighted by Crippen LogP contribution is -2.13. The van der Waals surface area contributed by atoms with Gasteiger partial charge in [0, 0.05) is 0 Å². The van der Waals surface area contributed by atoms with Crippen LogP contribution in [0, 0.1) is 11.8 Å². The Morgan fingerprint density at radius 2 is 1.42 bits per heavy atom. The Kier molecular flexibility index (Phi) is 5.87. The Morgan fingerprint density at radius 3 is 1.79 bits per heavy atom. The van der Waals surface area contributed by atoms with Crippen molar-refractivity contribution in [1.82, 2.24) is 0 Å². The lowest BCUT2D eigenvalue weighted by atomic mass is 9.95. The highest BCUT2D eigenvalue weighted by Crippen LogP contribution is 2.17. The van der Waals surface area contributed by atoms with Gasteiger partial charge in [-0.05, 0) is 41.4 Å². The quantitative estimate of drug-likeness (QED) is 0.851. The SMILES string of the molecule is CC(C)Cc1cc(COC(N)=O)cc(CC(C)C)c1. The Hall–Kier alpha value is -1.51. The van der Waals surface area contributed by atoms with Crippen LogP contribution in [-0.2, 0) is 24.2 Å². The van der Waals surface area contributed by atoms with Crippen molar-refractivity contribution >= 4 is 6.09 Å². The first kappa shape index (κ1) is 15.5. The molecule has 0 spiro atoms. The second-order valence-corrected chi connectivity index (χ2v) is 5.96. The Balaban J connectivity index is 2.91. The van der Waals surface area contributed by atoms with E-state index in [9.17, 15) is 4.79 Å². The minimum absolute atomic E-state index is 0.256. The van der Waals surface area contributed by atoms with Gasteiger partial charge in [0.25, 0.3) is 0 Å². The molecule has 0 aliphatic rings. The Labute approximate surface area is 116 Å². The lowest BCUT2D eigenvalue weighted by Gasteiger charge is -2.13. The summed E-state index contributed by atoms with van der Waals surface area (Å²) in [5.74, 6) is 1.22. The molecule has 3 nitrogen and oxygen atoms in total. The van der Waals surface area contributed by atoms with Gasteiger partial charge in [0.05, 0.1) is 0 Å². The number of ether oxygens (including phenoxy) is 1. The zero-order valence-electron chi connectivity index (χ0n) is 12.4. The lowest BCUT2D eigenvalue weighted by molar-refractivity contribution is 0.150. The van der Waals surface area contributed by atoms with Crippen molar-refractivity contribution in [3.8, 4) is 0 Å². The monoisotopic (exact) mass is 263 g/mol. The average molecular weight is 263 g/mol. The second-order valence-electron chi connectivity index (χ2n) is 5.96. The predicted octanol–water partition coefficient (Wildman–Crippen LogP) is 3.68. The van der Waals surface area contributed by atoms with Crippen LogP contribution in [0.4, 0.5) is 4.79 Å². The summed E-state index contributed by atoms with van der Waals surface area (Å²) in [5, 5.41) is 0. The van der Waals surface area contributed by atoms with E-state index in [1.165, 1.54) is 11.1 Å². The number of primary amides is 1. The fourth-order valence-corrected chi connectivity index (χ4v) is 2.26. The topological polar surface area (TPSA) is 52.3 Å². The molecule has 0 atom stereocenters. The molecule has 0 saturated heterocycles. The van der Waals surface area contributed by atoms with Gasteiger partial charge in [0.2, 0.25) is 0 Å². The number of rotatable bonds is 6. The zero-order valence-corrected chi connectivity index (χ0v) is 12.4. The Bertz CT molecular complexity index is 397. The van der Waals surface area contributed by atoms with E-state index in [4.69, 9.17) is 10.5 Å². The molecule has 106 valence electrons. The summed E-state index contributed by atoms with van der Waals surface area (Å²) < 4.78 is 4.89. The van der Waals surface area contributed by atoms with Crippen LogP contribution in [-0.4, -0.2) is 6.09 Å². The van der Waals surface area contributed by atoms with E-state index in [0.29, 0.717) is 11.8 Å².